The molecule has 39 heavy (non-hydrogen) atoms. The van der Waals surface area contributed by atoms with E-state index in [2.05, 4.69) is 20.8 Å². The first-order chi connectivity index (χ1) is 17.9. The molecule has 2 amide bonds. The van der Waals surface area contributed by atoms with Crippen LogP contribution in [0.1, 0.15) is 79.0 Å². The van der Waals surface area contributed by atoms with Crippen molar-refractivity contribution in [3.05, 3.63) is 71.3 Å². The van der Waals surface area contributed by atoms with Crippen molar-refractivity contribution in [1.82, 2.24) is 10.0 Å². The number of hydrogen-bond donors (Lipinski definition) is 0. The van der Waals surface area contributed by atoms with Crippen LogP contribution in [0.3, 0.4) is 0 Å². The molecule has 1 atom stereocenters. The normalized spacial score (nSPS) is 17.9. The number of methoxy groups -OCH3 is 1. The molecule has 1 heterocycles. The molecule has 0 aromatic heterocycles. The van der Waals surface area contributed by atoms with Gasteiger partial charge in [-0.2, -0.15) is 10.0 Å². The van der Waals surface area contributed by atoms with Gasteiger partial charge in [0, 0.05) is 11.1 Å². The van der Waals surface area contributed by atoms with Crippen LogP contribution < -0.4 is 0 Å². The number of amides is 2. The second kappa shape index (κ2) is 10.4. The molecule has 1 aliphatic rings. The Morgan fingerprint density at radius 2 is 1.26 bits per heavy atom. The number of carbonyl (C=O) groups excluding carboxylic acids is 3. The number of hydrazine groups is 1. The first kappa shape index (κ1) is 29.7. The van der Waals surface area contributed by atoms with Gasteiger partial charge in [-0.3, -0.25) is 0 Å². The van der Waals surface area contributed by atoms with Crippen LogP contribution in [0, 0.1) is 0 Å². The first-order valence-corrected chi connectivity index (χ1v) is 12.8. The van der Waals surface area contributed by atoms with Crippen LogP contribution in [0.15, 0.2) is 59.6 Å². The number of aliphatic imine (C=N–C) groups is 1. The predicted octanol–water partition coefficient (Wildman–Crippen LogP) is 6.16. The van der Waals surface area contributed by atoms with E-state index in [1.807, 2.05) is 12.1 Å². The van der Waals surface area contributed by atoms with Gasteiger partial charge in [0.05, 0.1) is 7.11 Å². The zero-order valence-electron chi connectivity index (χ0n) is 24.5. The van der Waals surface area contributed by atoms with E-state index in [-0.39, 0.29) is 11.3 Å². The number of hydrogen-bond acceptors (Lipinski definition) is 7. The Hall–Kier alpha value is -3.88. The Labute approximate surface area is 230 Å². The highest BCUT2D eigenvalue weighted by molar-refractivity contribution is 6.11. The van der Waals surface area contributed by atoms with Crippen molar-refractivity contribution in [1.29, 1.82) is 0 Å². The van der Waals surface area contributed by atoms with Crippen molar-refractivity contribution in [2.45, 2.75) is 84.6 Å². The monoisotopic (exact) mass is 537 g/mol. The van der Waals surface area contributed by atoms with Crippen molar-refractivity contribution in [2.24, 2.45) is 4.99 Å². The summed E-state index contributed by atoms with van der Waals surface area (Å²) in [6, 6.07) is 15.9. The van der Waals surface area contributed by atoms with Gasteiger partial charge in [0.1, 0.15) is 11.2 Å². The molecular formula is C30H39N3O6. The largest absolute Gasteiger partial charge is 0.465 e. The summed E-state index contributed by atoms with van der Waals surface area (Å²) in [5.74, 6) is -0.848. The minimum Gasteiger partial charge on any atom is -0.465 e. The lowest BCUT2D eigenvalue weighted by Crippen LogP contribution is -2.60. The summed E-state index contributed by atoms with van der Waals surface area (Å²) < 4.78 is 16.6. The maximum atomic E-state index is 13.9. The predicted molar refractivity (Wildman–Crippen MR) is 148 cm³/mol. The van der Waals surface area contributed by atoms with E-state index in [1.54, 1.807) is 84.0 Å². The molecule has 0 saturated carbocycles. The summed E-state index contributed by atoms with van der Waals surface area (Å²) in [5.41, 5.74) is -2.24. The van der Waals surface area contributed by atoms with E-state index in [0.29, 0.717) is 11.1 Å². The molecule has 9 heteroatoms. The van der Waals surface area contributed by atoms with Crippen molar-refractivity contribution in [2.75, 3.05) is 7.11 Å². The standard InChI is InChI=1S/C30H39N3O6/c1-27(2,3)21-18-16-20(17-19-21)23-31-30(24(34)37-10,22-14-12-11-13-15-22)33(26(36)39-29(7,8)9)32(23)25(35)38-28(4,5)6/h11-19H,1-10H3/t30-/m1/s1. The molecule has 0 radical (unpaired) electrons. The third-order valence-corrected chi connectivity index (χ3v) is 5.76. The maximum Gasteiger partial charge on any atom is 0.435 e. The van der Waals surface area contributed by atoms with Crippen LogP contribution in [0.4, 0.5) is 9.59 Å². The first-order valence-electron chi connectivity index (χ1n) is 12.8. The van der Waals surface area contributed by atoms with E-state index < -0.39 is 35.0 Å². The van der Waals surface area contributed by atoms with Crippen LogP contribution in [0.5, 0.6) is 0 Å². The molecule has 0 fully saturated rings. The zero-order chi connectivity index (χ0) is 29.4. The molecule has 0 bridgehead atoms. The minimum atomic E-state index is -2.10. The number of ether oxygens (including phenoxy) is 3. The zero-order valence-corrected chi connectivity index (χ0v) is 24.5. The van der Waals surface area contributed by atoms with E-state index >= 15 is 0 Å². The highest BCUT2D eigenvalue weighted by atomic mass is 16.6. The average Bonchev–Trinajstić information content (AvgIpc) is 3.19. The second-order valence-corrected chi connectivity index (χ2v) is 12.4. The molecule has 0 spiro atoms. The number of esters is 1. The Morgan fingerprint density at radius 3 is 1.72 bits per heavy atom. The van der Waals surface area contributed by atoms with E-state index in [4.69, 9.17) is 19.2 Å². The van der Waals surface area contributed by atoms with Gasteiger partial charge in [-0.05, 0) is 52.5 Å². The molecule has 0 unspecified atom stereocenters. The average molecular weight is 538 g/mol. The molecule has 9 nitrogen and oxygen atoms in total. The molecule has 210 valence electrons. The quantitative estimate of drug-likeness (QED) is 0.344. The lowest BCUT2D eigenvalue weighted by Gasteiger charge is -2.38. The number of carbonyl (C=O) groups is 3. The third kappa shape index (κ3) is 6.24. The number of rotatable bonds is 3. The highest BCUT2D eigenvalue weighted by Gasteiger charge is 2.61. The fraction of sp³-hybridized carbons (Fsp3) is 0.467. The topological polar surface area (TPSA) is 97.7 Å². The summed E-state index contributed by atoms with van der Waals surface area (Å²) in [6.45, 7) is 16.4. The van der Waals surface area contributed by atoms with Gasteiger partial charge in [-0.15, -0.1) is 0 Å². The Balaban J connectivity index is 2.37. The molecule has 2 aromatic carbocycles. The van der Waals surface area contributed by atoms with Gasteiger partial charge >= 0.3 is 18.2 Å². The number of benzene rings is 2. The molecule has 2 aromatic rings. The van der Waals surface area contributed by atoms with Gasteiger partial charge in [0.25, 0.3) is 5.66 Å². The fourth-order valence-corrected chi connectivity index (χ4v) is 4.04. The van der Waals surface area contributed by atoms with Crippen LogP contribution in [-0.4, -0.2) is 52.3 Å². The summed E-state index contributed by atoms with van der Waals surface area (Å²) in [5, 5.41) is 1.86. The fourth-order valence-electron chi connectivity index (χ4n) is 4.04. The Bertz CT molecular complexity index is 1250. The summed E-state index contributed by atoms with van der Waals surface area (Å²) in [6.07, 6.45) is -1.89. The van der Waals surface area contributed by atoms with E-state index in [9.17, 15) is 14.4 Å². The molecular weight excluding hydrogens is 498 g/mol. The maximum absolute atomic E-state index is 13.9. The number of amidine groups is 1. The van der Waals surface area contributed by atoms with Gasteiger partial charge in [-0.1, -0.05) is 75.4 Å². The summed E-state index contributed by atoms with van der Waals surface area (Å²) >= 11 is 0. The van der Waals surface area contributed by atoms with Crippen LogP contribution in [0.2, 0.25) is 0 Å². The lowest BCUT2D eigenvalue weighted by atomic mass is 9.86. The minimum absolute atomic E-state index is 0.0322. The Morgan fingerprint density at radius 1 is 0.744 bits per heavy atom. The molecule has 3 rings (SSSR count). The van der Waals surface area contributed by atoms with Crippen molar-refractivity contribution < 1.29 is 28.6 Å². The van der Waals surface area contributed by atoms with Crippen molar-refractivity contribution in [3.8, 4) is 0 Å². The van der Waals surface area contributed by atoms with Gasteiger partial charge in [-0.25, -0.2) is 19.4 Å². The van der Waals surface area contributed by atoms with Crippen LogP contribution >= 0.6 is 0 Å². The van der Waals surface area contributed by atoms with Crippen LogP contribution in [-0.2, 0) is 30.1 Å². The lowest BCUT2D eigenvalue weighted by molar-refractivity contribution is -0.161. The van der Waals surface area contributed by atoms with Crippen molar-refractivity contribution in [3.63, 3.8) is 0 Å². The van der Waals surface area contributed by atoms with Crippen molar-refractivity contribution >= 4 is 24.0 Å². The van der Waals surface area contributed by atoms with Gasteiger partial charge in [0.2, 0.25) is 0 Å². The Kier molecular flexibility index (Phi) is 7.88. The van der Waals surface area contributed by atoms with E-state index in [0.717, 1.165) is 15.6 Å². The second-order valence-electron chi connectivity index (χ2n) is 12.4. The molecule has 0 N–H and O–H groups in total. The highest BCUT2D eigenvalue weighted by Crippen LogP contribution is 2.41. The molecule has 0 saturated heterocycles. The molecule has 1 aliphatic heterocycles. The summed E-state index contributed by atoms with van der Waals surface area (Å²) in [4.78, 5) is 46.1. The van der Waals surface area contributed by atoms with Gasteiger partial charge in [0.15, 0.2) is 5.84 Å². The summed E-state index contributed by atoms with van der Waals surface area (Å²) in [7, 11) is 1.20. The smallest absolute Gasteiger partial charge is 0.435 e. The van der Waals surface area contributed by atoms with Gasteiger partial charge < -0.3 is 14.2 Å². The number of nitrogens with zero attached hydrogens (tertiary/aromatic N) is 3. The van der Waals surface area contributed by atoms with E-state index in [1.165, 1.54) is 7.11 Å². The van der Waals surface area contributed by atoms with Crippen LogP contribution in [0.25, 0.3) is 0 Å². The third-order valence-electron chi connectivity index (χ3n) is 5.76. The molecule has 0 aliphatic carbocycles. The SMILES string of the molecule is COC(=O)[C@]1(c2ccccc2)N=C(c2ccc(C(C)(C)C)cc2)N(C(=O)OC(C)(C)C)N1C(=O)OC(C)(C)C.